The molecule has 0 N–H and O–H groups in total. The van der Waals surface area contributed by atoms with Gasteiger partial charge in [0, 0.05) is 26.2 Å². The van der Waals surface area contributed by atoms with Crippen molar-refractivity contribution < 1.29 is 9.47 Å². The lowest BCUT2D eigenvalue weighted by molar-refractivity contribution is -0.0898. The summed E-state index contributed by atoms with van der Waals surface area (Å²) in [4.78, 5) is 2.40. The SMILES string of the molecule is CCOCCN1CCOC(C)(C)C1. The van der Waals surface area contributed by atoms with Crippen molar-refractivity contribution in [3.8, 4) is 0 Å². The standard InChI is InChI=1S/C10H21NO2/c1-4-12-7-5-11-6-8-13-10(2,3)9-11/h4-9H2,1-3H3. The first-order valence-corrected chi connectivity index (χ1v) is 5.08. The molecule has 0 radical (unpaired) electrons. The van der Waals surface area contributed by atoms with Crippen LogP contribution in [0.3, 0.4) is 0 Å². The maximum Gasteiger partial charge on any atom is 0.0753 e. The van der Waals surface area contributed by atoms with Crippen LogP contribution in [0, 0.1) is 0 Å². The van der Waals surface area contributed by atoms with E-state index < -0.39 is 0 Å². The largest absolute Gasteiger partial charge is 0.380 e. The Morgan fingerprint density at radius 1 is 1.46 bits per heavy atom. The lowest BCUT2D eigenvalue weighted by Gasteiger charge is -2.38. The van der Waals surface area contributed by atoms with Crippen LogP contribution in [0.15, 0.2) is 0 Å². The maximum absolute atomic E-state index is 5.62. The van der Waals surface area contributed by atoms with Gasteiger partial charge in [0.15, 0.2) is 0 Å². The van der Waals surface area contributed by atoms with E-state index in [4.69, 9.17) is 9.47 Å². The third kappa shape index (κ3) is 4.07. The molecule has 3 heteroatoms. The molecule has 0 atom stereocenters. The first kappa shape index (κ1) is 11.0. The summed E-state index contributed by atoms with van der Waals surface area (Å²) in [5.41, 5.74) is 0.0183. The van der Waals surface area contributed by atoms with Crippen LogP contribution in [-0.4, -0.2) is 50.0 Å². The molecule has 0 bridgehead atoms. The highest BCUT2D eigenvalue weighted by molar-refractivity contribution is 4.78. The summed E-state index contributed by atoms with van der Waals surface area (Å²) in [6.07, 6.45) is 0. The van der Waals surface area contributed by atoms with Crippen LogP contribution in [0.4, 0.5) is 0 Å². The minimum Gasteiger partial charge on any atom is -0.380 e. The van der Waals surface area contributed by atoms with Crippen LogP contribution in [-0.2, 0) is 9.47 Å². The predicted octanol–water partition coefficient (Wildman–Crippen LogP) is 1.13. The molecule has 0 amide bonds. The van der Waals surface area contributed by atoms with E-state index in [9.17, 15) is 0 Å². The Morgan fingerprint density at radius 3 is 2.85 bits per heavy atom. The van der Waals surface area contributed by atoms with E-state index in [1.807, 2.05) is 6.92 Å². The molecule has 3 nitrogen and oxygen atoms in total. The van der Waals surface area contributed by atoms with Crippen LogP contribution >= 0.6 is 0 Å². The summed E-state index contributed by atoms with van der Waals surface area (Å²) in [5.74, 6) is 0. The van der Waals surface area contributed by atoms with Gasteiger partial charge in [-0.3, -0.25) is 4.90 Å². The van der Waals surface area contributed by atoms with E-state index in [0.717, 1.165) is 39.5 Å². The normalized spacial score (nSPS) is 23.3. The molecule has 1 aliphatic rings. The van der Waals surface area contributed by atoms with Gasteiger partial charge in [0.05, 0.1) is 18.8 Å². The third-order valence-corrected chi connectivity index (χ3v) is 2.26. The van der Waals surface area contributed by atoms with Crippen molar-refractivity contribution in [2.45, 2.75) is 26.4 Å². The van der Waals surface area contributed by atoms with Crippen LogP contribution in [0.25, 0.3) is 0 Å². The summed E-state index contributed by atoms with van der Waals surface area (Å²) in [5, 5.41) is 0. The first-order valence-electron chi connectivity index (χ1n) is 5.08. The quantitative estimate of drug-likeness (QED) is 0.616. The van der Waals surface area contributed by atoms with Gasteiger partial charge in [-0.1, -0.05) is 0 Å². The molecule has 0 saturated carbocycles. The van der Waals surface area contributed by atoms with Crippen molar-refractivity contribution in [1.82, 2.24) is 4.90 Å². The third-order valence-electron chi connectivity index (χ3n) is 2.26. The van der Waals surface area contributed by atoms with Crippen LogP contribution in [0.5, 0.6) is 0 Å². The number of hydrogen-bond donors (Lipinski definition) is 0. The number of rotatable bonds is 4. The van der Waals surface area contributed by atoms with Gasteiger partial charge in [0.25, 0.3) is 0 Å². The average molecular weight is 187 g/mol. The fraction of sp³-hybridized carbons (Fsp3) is 1.00. The molecule has 1 rings (SSSR count). The van der Waals surface area contributed by atoms with Crippen molar-refractivity contribution >= 4 is 0 Å². The number of hydrogen-bond acceptors (Lipinski definition) is 3. The summed E-state index contributed by atoms with van der Waals surface area (Å²) in [7, 11) is 0. The highest BCUT2D eigenvalue weighted by Gasteiger charge is 2.26. The summed E-state index contributed by atoms with van der Waals surface area (Å²) >= 11 is 0. The Bertz CT molecular complexity index is 148. The summed E-state index contributed by atoms with van der Waals surface area (Å²) < 4.78 is 10.9. The fourth-order valence-electron chi connectivity index (χ4n) is 1.64. The molecule has 0 unspecified atom stereocenters. The molecule has 1 fully saturated rings. The Hall–Kier alpha value is -0.120. The van der Waals surface area contributed by atoms with Crippen molar-refractivity contribution in [3.05, 3.63) is 0 Å². The van der Waals surface area contributed by atoms with Gasteiger partial charge in [-0.15, -0.1) is 0 Å². The molecule has 13 heavy (non-hydrogen) atoms. The van der Waals surface area contributed by atoms with Crippen LogP contribution in [0.1, 0.15) is 20.8 Å². The Balaban J connectivity index is 2.19. The molecule has 0 aromatic carbocycles. The van der Waals surface area contributed by atoms with E-state index in [1.165, 1.54) is 0 Å². The van der Waals surface area contributed by atoms with E-state index in [-0.39, 0.29) is 5.60 Å². The van der Waals surface area contributed by atoms with Gasteiger partial charge in [0.2, 0.25) is 0 Å². The van der Waals surface area contributed by atoms with E-state index in [2.05, 4.69) is 18.7 Å². The van der Waals surface area contributed by atoms with E-state index >= 15 is 0 Å². The molecular formula is C10H21NO2. The van der Waals surface area contributed by atoms with Gasteiger partial charge in [-0.25, -0.2) is 0 Å². The smallest absolute Gasteiger partial charge is 0.0753 e. The van der Waals surface area contributed by atoms with Crippen molar-refractivity contribution in [1.29, 1.82) is 0 Å². The predicted molar refractivity (Wildman–Crippen MR) is 53.0 cm³/mol. The highest BCUT2D eigenvalue weighted by atomic mass is 16.5. The molecule has 0 spiro atoms. The zero-order chi connectivity index (χ0) is 9.73. The van der Waals surface area contributed by atoms with Gasteiger partial charge in [-0.05, 0) is 20.8 Å². The van der Waals surface area contributed by atoms with Crippen LogP contribution in [0.2, 0.25) is 0 Å². The topological polar surface area (TPSA) is 21.7 Å². The van der Waals surface area contributed by atoms with Gasteiger partial charge < -0.3 is 9.47 Å². The highest BCUT2D eigenvalue weighted by Crippen LogP contribution is 2.15. The number of nitrogens with zero attached hydrogens (tertiary/aromatic N) is 1. The van der Waals surface area contributed by atoms with Gasteiger partial charge >= 0.3 is 0 Å². The second-order valence-electron chi connectivity index (χ2n) is 4.08. The minimum absolute atomic E-state index is 0.0183. The van der Waals surface area contributed by atoms with Gasteiger partial charge in [0.1, 0.15) is 0 Å². The zero-order valence-corrected chi connectivity index (χ0v) is 9.01. The maximum atomic E-state index is 5.62. The second-order valence-corrected chi connectivity index (χ2v) is 4.08. The zero-order valence-electron chi connectivity index (χ0n) is 9.01. The Labute approximate surface area is 81.0 Å². The molecule has 1 aliphatic heterocycles. The molecule has 0 aromatic rings. The van der Waals surface area contributed by atoms with Crippen molar-refractivity contribution in [3.63, 3.8) is 0 Å². The number of ether oxygens (including phenoxy) is 2. The molecule has 1 saturated heterocycles. The number of morpholine rings is 1. The monoisotopic (exact) mass is 187 g/mol. The summed E-state index contributed by atoms with van der Waals surface area (Å²) in [6, 6.07) is 0. The van der Waals surface area contributed by atoms with Crippen LogP contribution < -0.4 is 0 Å². The molecular weight excluding hydrogens is 166 g/mol. The van der Waals surface area contributed by atoms with Crippen molar-refractivity contribution in [2.75, 3.05) is 39.5 Å². The second kappa shape index (κ2) is 4.94. The first-order chi connectivity index (χ1) is 6.14. The van der Waals surface area contributed by atoms with Crippen molar-refractivity contribution in [2.24, 2.45) is 0 Å². The molecule has 78 valence electrons. The minimum atomic E-state index is 0.0183. The Morgan fingerprint density at radius 2 is 2.23 bits per heavy atom. The molecule has 0 aliphatic carbocycles. The van der Waals surface area contributed by atoms with E-state index in [1.54, 1.807) is 0 Å². The average Bonchev–Trinajstić information content (AvgIpc) is 2.03. The molecule has 1 heterocycles. The molecule has 0 aromatic heterocycles. The Kier molecular flexibility index (Phi) is 4.16. The van der Waals surface area contributed by atoms with Gasteiger partial charge in [-0.2, -0.15) is 0 Å². The summed E-state index contributed by atoms with van der Waals surface area (Å²) in [6.45, 7) is 11.9. The lowest BCUT2D eigenvalue weighted by atomic mass is 10.1. The lowest BCUT2D eigenvalue weighted by Crippen LogP contribution is -2.49. The fourth-order valence-corrected chi connectivity index (χ4v) is 1.64. The van der Waals surface area contributed by atoms with E-state index in [0.29, 0.717) is 0 Å².